The summed E-state index contributed by atoms with van der Waals surface area (Å²) < 4.78 is 16.2. The molecule has 1 fully saturated rings. The predicted octanol–water partition coefficient (Wildman–Crippen LogP) is 3.84. The average Bonchev–Trinajstić information content (AvgIpc) is 2.87. The van der Waals surface area contributed by atoms with Gasteiger partial charge in [0, 0.05) is 6.04 Å². The highest BCUT2D eigenvalue weighted by atomic mass is 79.9. The second kappa shape index (κ2) is 9.27. The maximum atomic E-state index is 12.4. The van der Waals surface area contributed by atoms with Crippen molar-refractivity contribution in [3.05, 3.63) is 27.1 Å². The molecule has 2 rings (SSSR count). The molecule has 0 saturated carbocycles. The number of nitrogens with zero attached hydrogens (tertiary/aromatic N) is 1. The van der Waals surface area contributed by atoms with Gasteiger partial charge in [0.25, 0.3) is 11.1 Å². The summed E-state index contributed by atoms with van der Waals surface area (Å²) in [5.74, 6) is -0.0865. The predicted molar refractivity (Wildman–Crippen MR) is 106 cm³/mol. The van der Waals surface area contributed by atoms with Crippen LogP contribution in [0.25, 0.3) is 6.08 Å². The zero-order valence-electron chi connectivity index (χ0n) is 15.4. The van der Waals surface area contributed by atoms with Crippen LogP contribution in [0.15, 0.2) is 21.5 Å². The van der Waals surface area contributed by atoms with Crippen molar-refractivity contribution in [3.8, 4) is 11.5 Å². The summed E-state index contributed by atoms with van der Waals surface area (Å²) in [7, 11) is 1.47. The summed E-state index contributed by atoms with van der Waals surface area (Å²) in [5.41, 5.74) is 0.650. The molecule has 0 unspecified atom stereocenters. The molecule has 27 heavy (non-hydrogen) atoms. The van der Waals surface area contributed by atoms with Crippen LogP contribution in [-0.2, 0) is 14.3 Å². The molecule has 1 heterocycles. The Bertz CT molecular complexity index is 792. The summed E-state index contributed by atoms with van der Waals surface area (Å²) >= 11 is 4.28. The maximum absolute atomic E-state index is 12.4. The first kappa shape index (κ1) is 21.3. The minimum atomic E-state index is -0.488. The number of carbonyl (C=O) groups excluding carboxylic acids is 3. The lowest BCUT2D eigenvalue weighted by Crippen LogP contribution is -2.34. The smallest absolute Gasteiger partial charge is 0.344 e. The molecule has 0 N–H and O–H groups in total. The lowest BCUT2D eigenvalue weighted by molar-refractivity contribution is -0.145. The molecule has 1 aromatic carbocycles. The Balaban J connectivity index is 2.27. The van der Waals surface area contributed by atoms with E-state index in [1.54, 1.807) is 39.0 Å². The molecule has 0 bridgehead atoms. The zero-order valence-corrected chi connectivity index (χ0v) is 17.8. The number of hydrogen-bond acceptors (Lipinski definition) is 7. The van der Waals surface area contributed by atoms with Gasteiger partial charge in [-0.15, -0.1) is 0 Å². The zero-order chi connectivity index (χ0) is 20.1. The van der Waals surface area contributed by atoms with E-state index in [4.69, 9.17) is 14.2 Å². The van der Waals surface area contributed by atoms with E-state index in [0.717, 1.165) is 11.8 Å². The minimum Gasteiger partial charge on any atom is -0.493 e. The van der Waals surface area contributed by atoms with E-state index in [1.165, 1.54) is 12.0 Å². The van der Waals surface area contributed by atoms with Crippen LogP contribution in [0.1, 0.15) is 26.3 Å². The van der Waals surface area contributed by atoms with Crippen molar-refractivity contribution in [2.45, 2.75) is 26.8 Å². The van der Waals surface area contributed by atoms with Crippen LogP contribution in [-0.4, -0.2) is 48.4 Å². The van der Waals surface area contributed by atoms with Crippen molar-refractivity contribution in [2.75, 3.05) is 20.3 Å². The molecule has 1 aliphatic heterocycles. The van der Waals surface area contributed by atoms with E-state index >= 15 is 0 Å². The van der Waals surface area contributed by atoms with Gasteiger partial charge >= 0.3 is 5.97 Å². The highest BCUT2D eigenvalue weighted by Crippen LogP contribution is 2.39. The van der Waals surface area contributed by atoms with E-state index < -0.39 is 5.97 Å². The van der Waals surface area contributed by atoms with Gasteiger partial charge in [-0.1, -0.05) is 0 Å². The van der Waals surface area contributed by atoms with E-state index in [-0.39, 0.29) is 30.4 Å². The fraction of sp³-hybridized carbons (Fsp3) is 0.389. The summed E-state index contributed by atoms with van der Waals surface area (Å²) in [6.07, 6.45) is 1.62. The van der Waals surface area contributed by atoms with Gasteiger partial charge in [-0.2, -0.15) is 0 Å². The van der Waals surface area contributed by atoms with Crippen LogP contribution in [0.3, 0.4) is 0 Å². The second-order valence-corrected chi connectivity index (χ2v) is 7.62. The van der Waals surface area contributed by atoms with E-state index in [1.807, 2.05) is 0 Å². The number of amides is 2. The highest BCUT2D eigenvalue weighted by molar-refractivity contribution is 9.10. The Labute approximate surface area is 170 Å². The molecule has 0 radical (unpaired) electrons. The first-order valence-corrected chi connectivity index (χ1v) is 9.82. The normalized spacial score (nSPS) is 15.6. The molecule has 9 heteroatoms. The average molecular weight is 458 g/mol. The van der Waals surface area contributed by atoms with Crippen LogP contribution in [0.2, 0.25) is 0 Å². The number of carbonyl (C=O) groups is 3. The highest BCUT2D eigenvalue weighted by Gasteiger charge is 2.36. The van der Waals surface area contributed by atoms with Gasteiger partial charge in [0.05, 0.1) is 23.1 Å². The van der Waals surface area contributed by atoms with Crippen LogP contribution in [0, 0.1) is 0 Å². The number of esters is 1. The molecule has 1 aromatic rings. The molecule has 0 aromatic heterocycles. The van der Waals surface area contributed by atoms with Gasteiger partial charge < -0.3 is 14.2 Å². The van der Waals surface area contributed by atoms with Gasteiger partial charge in [0.2, 0.25) is 0 Å². The number of ether oxygens (including phenoxy) is 3. The van der Waals surface area contributed by atoms with Crippen molar-refractivity contribution in [1.82, 2.24) is 4.90 Å². The topological polar surface area (TPSA) is 82.1 Å². The SMILES string of the molecule is CCOC(=O)COc1c(Br)cc(/C=C2/SC(=O)N(C(C)C)C2=O)cc1OC. The van der Waals surface area contributed by atoms with Crippen molar-refractivity contribution in [1.29, 1.82) is 0 Å². The van der Waals surface area contributed by atoms with Gasteiger partial charge in [-0.05, 0) is 72.2 Å². The van der Waals surface area contributed by atoms with Crippen LogP contribution < -0.4 is 9.47 Å². The quantitative estimate of drug-likeness (QED) is 0.454. The van der Waals surface area contributed by atoms with Crippen molar-refractivity contribution in [3.63, 3.8) is 0 Å². The molecular formula is C18H20BrNO6S. The van der Waals surface area contributed by atoms with Crippen LogP contribution >= 0.6 is 27.7 Å². The lowest BCUT2D eigenvalue weighted by Gasteiger charge is -2.16. The second-order valence-electron chi connectivity index (χ2n) is 5.77. The third kappa shape index (κ3) is 5.04. The number of thioether (sulfide) groups is 1. The number of imide groups is 1. The standard InChI is InChI=1S/C18H20BrNO6S/c1-5-25-15(21)9-26-16-12(19)6-11(7-13(16)24-4)8-14-17(22)20(10(2)3)18(23)27-14/h6-8,10H,5,9H2,1-4H3/b14-8+. The van der Waals surface area contributed by atoms with Crippen LogP contribution in [0.4, 0.5) is 4.79 Å². The Morgan fingerprint density at radius 2 is 2.04 bits per heavy atom. The summed E-state index contributed by atoms with van der Waals surface area (Å²) in [4.78, 5) is 37.5. The number of methoxy groups -OCH3 is 1. The number of benzene rings is 1. The minimum absolute atomic E-state index is 0.205. The largest absolute Gasteiger partial charge is 0.493 e. The molecule has 0 spiro atoms. The third-order valence-corrected chi connectivity index (χ3v) is 5.00. The van der Waals surface area contributed by atoms with E-state index in [9.17, 15) is 14.4 Å². The van der Waals surface area contributed by atoms with E-state index in [2.05, 4.69) is 15.9 Å². The van der Waals surface area contributed by atoms with Gasteiger partial charge in [-0.25, -0.2) is 4.79 Å². The fourth-order valence-electron chi connectivity index (χ4n) is 2.37. The van der Waals surface area contributed by atoms with E-state index in [0.29, 0.717) is 26.4 Å². The molecule has 2 amide bonds. The number of rotatable bonds is 7. The molecule has 0 aliphatic carbocycles. The summed E-state index contributed by atoms with van der Waals surface area (Å²) in [6, 6.07) is 3.17. The summed E-state index contributed by atoms with van der Waals surface area (Å²) in [5, 5.41) is -0.290. The third-order valence-electron chi connectivity index (χ3n) is 3.53. The lowest BCUT2D eigenvalue weighted by atomic mass is 10.1. The van der Waals surface area contributed by atoms with Crippen molar-refractivity contribution in [2.24, 2.45) is 0 Å². The summed E-state index contributed by atoms with van der Waals surface area (Å²) in [6.45, 7) is 5.30. The maximum Gasteiger partial charge on any atom is 0.344 e. The Kier molecular flexibility index (Phi) is 7.32. The Morgan fingerprint density at radius 3 is 2.59 bits per heavy atom. The van der Waals surface area contributed by atoms with Gasteiger partial charge in [0.15, 0.2) is 18.1 Å². The molecule has 1 aliphatic rings. The Hall–Kier alpha value is -2.00. The van der Waals surface area contributed by atoms with Crippen LogP contribution in [0.5, 0.6) is 11.5 Å². The monoisotopic (exact) mass is 457 g/mol. The fourth-order valence-corrected chi connectivity index (χ4v) is 3.91. The first-order valence-electron chi connectivity index (χ1n) is 8.21. The Morgan fingerprint density at radius 1 is 1.33 bits per heavy atom. The first-order chi connectivity index (χ1) is 12.8. The van der Waals surface area contributed by atoms with Crippen molar-refractivity contribution >= 4 is 50.9 Å². The number of halogens is 1. The van der Waals surface area contributed by atoms with Gasteiger partial charge in [0.1, 0.15) is 0 Å². The van der Waals surface area contributed by atoms with Crippen molar-refractivity contribution < 1.29 is 28.6 Å². The molecule has 146 valence electrons. The molecule has 0 atom stereocenters. The van der Waals surface area contributed by atoms with Gasteiger partial charge in [-0.3, -0.25) is 14.5 Å². The molecule has 7 nitrogen and oxygen atoms in total. The number of hydrogen-bond donors (Lipinski definition) is 0. The molecule has 1 saturated heterocycles. The molecular weight excluding hydrogens is 438 g/mol.